The zero-order valence-corrected chi connectivity index (χ0v) is 20.3. The van der Waals surface area contributed by atoms with E-state index in [1.54, 1.807) is 11.6 Å². The molecule has 0 saturated carbocycles. The van der Waals surface area contributed by atoms with Gasteiger partial charge < -0.3 is 0 Å². The molecule has 2 aromatic heterocycles. The van der Waals surface area contributed by atoms with Crippen LogP contribution in [0.15, 0.2) is 40.3 Å². The van der Waals surface area contributed by atoms with Crippen molar-refractivity contribution in [2.75, 3.05) is 0 Å². The first kappa shape index (κ1) is 24.2. The highest BCUT2D eigenvalue weighted by Gasteiger charge is 2.45. The largest absolute Gasteiger partial charge is 0.497 e. The summed E-state index contributed by atoms with van der Waals surface area (Å²) < 4.78 is 61.2. The summed E-state index contributed by atoms with van der Waals surface area (Å²) in [7, 11) is -5.32. The number of thiazole rings is 1. The number of rotatable bonds is 6. The molecule has 2 heterocycles. The van der Waals surface area contributed by atoms with Gasteiger partial charge in [-0.1, -0.05) is 37.6 Å². The second-order valence-corrected chi connectivity index (χ2v) is 11.3. The second-order valence-electron chi connectivity index (χ2n) is 7.28. The maximum atomic E-state index is 12.7. The van der Waals surface area contributed by atoms with Crippen LogP contribution in [0, 0.1) is 5.92 Å². The number of aromatic nitrogens is 2. The fourth-order valence-electron chi connectivity index (χ4n) is 2.86. The molecule has 0 saturated heterocycles. The quantitative estimate of drug-likeness (QED) is 0.332. The summed E-state index contributed by atoms with van der Waals surface area (Å²) in [5, 5.41) is 2.64. The summed E-state index contributed by atoms with van der Waals surface area (Å²) in [6, 6.07) is 6.62. The summed E-state index contributed by atoms with van der Waals surface area (Å²) in [6.45, 7) is 4.22. The van der Waals surface area contributed by atoms with Gasteiger partial charge in [0.05, 0.1) is 16.5 Å². The number of sulfone groups is 1. The molecule has 0 bridgehead atoms. The Kier molecular flexibility index (Phi) is 7.15. The van der Waals surface area contributed by atoms with Crippen LogP contribution in [0.5, 0.6) is 0 Å². The van der Waals surface area contributed by atoms with Gasteiger partial charge in [0.1, 0.15) is 5.01 Å². The molecule has 0 atom stereocenters. The lowest BCUT2D eigenvalue weighted by Gasteiger charge is -2.12. The van der Waals surface area contributed by atoms with Crippen LogP contribution in [0.25, 0.3) is 21.8 Å². The Balaban J connectivity index is 1.92. The molecule has 0 N–H and O–H groups in total. The summed E-state index contributed by atoms with van der Waals surface area (Å²) in [4.78, 5) is 8.98. The number of halogens is 5. The van der Waals surface area contributed by atoms with Crippen LogP contribution in [0.1, 0.15) is 25.1 Å². The lowest BCUT2D eigenvalue weighted by atomic mass is 10.1. The van der Waals surface area contributed by atoms with E-state index in [0.717, 1.165) is 22.7 Å². The molecule has 0 aliphatic rings. The van der Waals surface area contributed by atoms with Crippen molar-refractivity contribution in [3.63, 3.8) is 0 Å². The van der Waals surface area contributed by atoms with Crippen molar-refractivity contribution in [2.24, 2.45) is 5.92 Å². The number of benzene rings is 1. The van der Waals surface area contributed by atoms with Crippen LogP contribution in [0.2, 0.25) is 5.02 Å². The summed E-state index contributed by atoms with van der Waals surface area (Å²) >= 11 is 10.9. The van der Waals surface area contributed by atoms with Gasteiger partial charge in [0.2, 0.25) is 0 Å². The van der Waals surface area contributed by atoms with E-state index in [2.05, 4.69) is 39.7 Å². The minimum Gasteiger partial charge on any atom is -0.261 e. The highest BCUT2D eigenvalue weighted by molar-refractivity contribution is 9.10. The Morgan fingerprint density at radius 1 is 1.23 bits per heavy atom. The van der Waals surface area contributed by atoms with Crippen molar-refractivity contribution in [3.05, 3.63) is 56.6 Å². The Morgan fingerprint density at radius 2 is 1.94 bits per heavy atom. The third kappa shape index (κ3) is 5.47. The molecule has 31 heavy (non-hydrogen) atoms. The summed E-state index contributed by atoms with van der Waals surface area (Å²) in [5.74, 6) is -0.736. The maximum Gasteiger partial charge on any atom is 0.497 e. The van der Waals surface area contributed by atoms with Gasteiger partial charge in [-0.05, 0) is 46.0 Å². The second kappa shape index (κ2) is 9.17. The zero-order valence-electron chi connectivity index (χ0n) is 16.4. The maximum absolute atomic E-state index is 12.7. The fourth-order valence-corrected chi connectivity index (χ4v) is 5.44. The first-order valence-corrected chi connectivity index (χ1v) is 12.8. The molecule has 4 nitrogen and oxygen atoms in total. The van der Waals surface area contributed by atoms with E-state index in [0.29, 0.717) is 17.2 Å². The van der Waals surface area contributed by atoms with E-state index in [1.165, 1.54) is 23.5 Å². The number of hydrogen-bond acceptors (Lipinski definition) is 5. The van der Waals surface area contributed by atoms with Crippen LogP contribution >= 0.6 is 38.9 Å². The minimum atomic E-state index is -5.33. The number of nitrogens with zero attached hydrogens (tertiary/aromatic N) is 2. The fraction of sp³-hybridized carbons (Fsp3) is 0.300. The average Bonchev–Trinajstić information content (AvgIpc) is 3.14. The van der Waals surface area contributed by atoms with Crippen molar-refractivity contribution in [3.8, 4) is 21.8 Å². The van der Waals surface area contributed by atoms with Crippen LogP contribution < -0.4 is 0 Å². The van der Waals surface area contributed by atoms with E-state index < -0.39 is 21.1 Å². The van der Waals surface area contributed by atoms with Gasteiger partial charge >= 0.3 is 5.51 Å². The molecule has 0 aliphatic heterocycles. The van der Waals surface area contributed by atoms with Gasteiger partial charge in [-0.15, -0.1) is 11.3 Å². The molecule has 166 valence electrons. The molecule has 0 fully saturated rings. The normalized spacial score (nSPS) is 12.5. The first-order valence-electron chi connectivity index (χ1n) is 9.06. The molecule has 0 spiro atoms. The van der Waals surface area contributed by atoms with Gasteiger partial charge in [-0.3, -0.25) is 4.98 Å². The summed E-state index contributed by atoms with van der Waals surface area (Å²) in [5.41, 5.74) is -2.52. The smallest absolute Gasteiger partial charge is 0.261 e. The Labute approximate surface area is 195 Å². The van der Waals surface area contributed by atoms with Crippen molar-refractivity contribution in [1.82, 2.24) is 9.97 Å². The Hall–Kier alpha value is -1.49. The van der Waals surface area contributed by atoms with E-state index in [9.17, 15) is 21.6 Å². The third-order valence-electron chi connectivity index (χ3n) is 4.32. The number of hydrogen-bond donors (Lipinski definition) is 0. The molecule has 0 aliphatic carbocycles. The predicted molar refractivity (Wildman–Crippen MR) is 121 cm³/mol. The van der Waals surface area contributed by atoms with Gasteiger partial charge in [-0.25, -0.2) is 13.4 Å². The zero-order chi connectivity index (χ0) is 23.0. The number of alkyl halides is 3. The number of pyridine rings is 1. The van der Waals surface area contributed by atoms with Crippen molar-refractivity contribution >= 4 is 48.7 Å². The Morgan fingerprint density at radius 3 is 2.58 bits per heavy atom. The van der Waals surface area contributed by atoms with Gasteiger partial charge in [0.15, 0.2) is 0 Å². The molecular formula is C20H17BrClF3N2O2S2. The molecular weight excluding hydrogens is 537 g/mol. The molecule has 3 rings (SSSR count). The predicted octanol–water partition coefficient (Wildman–Crippen LogP) is 6.92. The molecule has 3 aromatic rings. The van der Waals surface area contributed by atoms with E-state index in [1.807, 2.05) is 12.1 Å². The van der Waals surface area contributed by atoms with Gasteiger partial charge in [-0.2, -0.15) is 13.2 Å². The first-order chi connectivity index (χ1) is 14.4. The van der Waals surface area contributed by atoms with Crippen molar-refractivity contribution < 1.29 is 21.6 Å². The lowest BCUT2D eigenvalue weighted by Crippen LogP contribution is -2.24. The SMILES string of the molecule is CC(C)Cc1cc(-c2nc(-c3ccc(CS(=O)(=O)C(F)(F)F)c(Br)c3Cl)cs2)ccn1. The topological polar surface area (TPSA) is 59.9 Å². The minimum absolute atomic E-state index is 0.0750. The van der Waals surface area contributed by atoms with Crippen molar-refractivity contribution in [2.45, 2.75) is 31.5 Å². The van der Waals surface area contributed by atoms with Crippen LogP contribution in [0.3, 0.4) is 0 Å². The van der Waals surface area contributed by atoms with Crippen molar-refractivity contribution in [1.29, 1.82) is 0 Å². The molecule has 1 aromatic carbocycles. The summed E-state index contributed by atoms with van der Waals surface area (Å²) in [6.07, 6.45) is 2.57. The van der Waals surface area contributed by atoms with Gasteiger partial charge in [0, 0.05) is 32.9 Å². The van der Waals surface area contributed by atoms with E-state index in [4.69, 9.17) is 11.6 Å². The molecule has 0 unspecified atom stereocenters. The third-order valence-corrected chi connectivity index (χ3v) is 8.14. The highest BCUT2D eigenvalue weighted by atomic mass is 79.9. The standard InChI is InChI=1S/C20H17BrClF3N2O2S2/c1-11(2)7-14-8-12(5-6-26-14)19-27-16(9-30-19)15-4-3-13(17(21)18(15)22)10-31(28,29)20(23,24)25/h3-6,8-9,11H,7,10H2,1-2H3. The van der Waals surface area contributed by atoms with Crippen LogP contribution in [-0.4, -0.2) is 23.9 Å². The Bertz CT molecular complexity index is 1210. The monoisotopic (exact) mass is 552 g/mol. The van der Waals surface area contributed by atoms with E-state index in [-0.39, 0.29) is 15.1 Å². The molecule has 0 amide bonds. The molecule has 11 heteroatoms. The van der Waals surface area contributed by atoms with Crippen LogP contribution in [-0.2, 0) is 22.0 Å². The lowest BCUT2D eigenvalue weighted by molar-refractivity contribution is -0.0437. The average molecular weight is 554 g/mol. The highest BCUT2D eigenvalue weighted by Crippen LogP contribution is 2.39. The van der Waals surface area contributed by atoms with E-state index >= 15 is 0 Å². The van der Waals surface area contributed by atoms with Crippen LogP contribution in [0.4, 0.5) is 13.2 Å². The molecule has 0 radical (unpaired) electrons. The van der Waals surface area contributed by atoms with Gasteiger partial charge in [0.25, 0.3) is 9.84 Å².